The minimum absolute atomic E-state index is 0. The molecule has 0 aromatic rings. The number of alkyl carbamates (subject to hydrolysis) is 1. The minimum Gasteiger partial charge on any atom is -0.530 e. The molecule has 0 saturated carbocycles. The van der Waals surface area contributed by atoms with Crippen LogP contribution in [0.15, 0.2) is 12.7 Å². The number of esters is 1. The van der Waals surface area contributed by atoms with E-state index in [0.29, 0.717) is 19.8 Å². The van der Waals surface area contributed by atoms with E-state index in [1.165, 1.54) is 0 Å². The van der Waals surface area contributed by atoms with Gasteiger partial charge in [-0.2, -0.15) is 6.41 Å². The van der Waals surface area contributed by atoms with Gasteiger partial charge in [0.1, 0.15) is 13.2 Å². The van der Waals surface area contributed by atoms with Gasteiger partial charge in [-0.1, -0.05) is 13.0 Å². The molecule has 0 aromatic heterocycles. The van der Waals surface area contributed by atoms with Gasteiger partial charge < -0.3 is 38.2 Å². The molecule has 1 heterocycles. The second-order valence-corrected chi connectivity index (χ2v) is 16.0. The number of amides is 2. The first-order valence-corrected chi connectivity index (χ1v) is 16.9. The summed E-state index contributed by atoms with van der Waals surface area (Å²) in [6, 6.07) is 2.97. The molecule has 1 saturated heterocycles. The largest absolute Gasteiger partial charge is 0.530 e. The Kier molecular flexibility index (Phi) is 16.3. The molecule has 1 fully saturated rings. The molecule has 34 heavy (non-hydrogen) atoms. The molecule has 0 spiro atoms. The molecular formula is C21H39N2O8RfSi2-. The van der Waals surface area contributed by atoms with Crippen LogP contribution in [0, 0.1) is 0 Å². The van der Waals surface area contributed by atoms with E-state index in [2.05, 4.69) is 30.3 Å². The van der Waals surface area contributed by atoms with Crippen molar-refractivity contribution >= 4 is 35.4 Å². The van der Waals surface area contributed by atoms with Crippen LogP contribution in [0.1, 0.15) is 25.7 Å². The van der Waals surface area contributed by atoms with Gasteiger partial charge in [0, 0.05) is 19.3 Å². The van der Waals surface area contributed by atoms with E-state index >= 15 is 0 Å². The van der Waals surface area contributed by atoms with Crippen LogP contribution >= 0.6 is 0 Å². The quantitative estimate of drug-likeness (QED) is 0.0614. The van der Waals surface area contributed by atoms with Crippen LogP contribution in [0.2, 0.25) is 31.2 Å². The average Bonchev–Trinajstić information content (AvgIpc) is 2.77. The second kappa shape index (κ2) is 17.7. The topological polar surface area (TPSA) is 121 Å². The number of carbonyl (C=O) groups excluding carboxylic acids is 3. The maximum Gasteiger partial charge on any atom is 0.407 e. The first-order chi connectivity index (χ1) is 15.8. The molecule has 1 rings (SSSR count). The van der Waals surface area contributed by atoms with Crippen molar-refractivity contribution in [3.8, 4) is 0 Å². The predicted molar refractivity (Wildman–Crippen MR) is 128 cm³/mol. The summed E-state index contributed by atoms with van der Waals surface area (Å²) in [6.45, 7) is 10.3. The smallest absolute Gasteiger partial charge is 0.407 e. The third-order valence-electron chi connectivity index (χ3n) is 5.21. The van der Waals surface area contributed by atoms with Gasteiger partial charge in [-0.25, -0.2) is 9.59 Å². The summed E-state index contributed by atoms with van der Waals surface area (Å²) in [5, 5.41) is 5.08. The van der Waals surface area contributed by atoms with Crippen molar-refractivity contribution in [2.45, 2.75) is 56.9 Å². The standard InChI is InChI=1S/C21H39N2O8Si2.Rf/c1-4-20(25)28-13-10-23-21(26)29-15-14-27-11-8-18-33(3)30-12-5-6-16-32(2,31-33)17-7-9-22-19-24;/h4H,1,5-18H2,2-3H3,(H,22,24)(H,23,26);/q-1;. The van der Waals surface area contributed by atoms with Gasteiger partial charge in [0.2, 0.25) is 0 Å². The zero-order valence-corrected chi connectivity index (χ0v) is 29.1. The molecule has 10 nitrogen and oxygen atoms in total. The van der Waals surface area contributed by atoms with E-state index in [1.54, 1.807) is 6.41 Å². The van der Waals surface area contributed by atoms with Gasteiger partial charge in [-0.05, 0) is 57.0 Å². The number of ether oxygens (including phenoxy) is 3. The molecule has 0 bridgehead atoms. The van der Waals surface area contributed by atoms with E-state index in [9.17, 15) is 14.4 Å². The van der Waals surface area contributed by atoms with Crippen LogP contribution < -0.4 is 10.6 Å². The van der Waals surface area contributed by atoms with Crippen LogP contribution in [-0.2, 0) is 32.3 Å². The summed E-state index contributed by atoms with van der Waals surface area (Å²) in [4.78, 5) is 32.8. The van der Waals surface area contributed by atoms with E-state index < -0.39 is 28.9 Å². The van der Waals surface area contributed by atoms with Crippen LogP contribution in [0.3, 0.4) is 0 Å². The summed E-state index contributed by atoms with van der Waals surface area (Å²) >= 11 is 0. The number of hydrogen-bond donors (Lipinski definition) is 2. The summed E-state index contributed by atoms with van der Waals surface area (Å²) in [6.07, 6.45) is 6.09. The molecule has 1 aliphatic rings. The maximum absolute atomic E-state index is 11.5. The summed E-state index contributed by atoms with van der Waals surface area (Å²) in [7, 11) is -4.18. The normalized spacial score (nSPS) is 22.3. The van der Waals surface area contributed by atoms with E-state index in [1.807, 2.05) is 0 Å². The average molecular weight is 771 g/mol. The van der Waals surface area contributed by atoms with Crippen LogP contribution in [-0.4, -0.2) is 81.5 Å². The van der Waals surface area contributed by atoms with Crippen LogP contribution in [0.4, 0.5) is 4.79 Å². The fourth-order valence-electron chi connectivity index (χ4n) is 3.60. The number of hydrogen-bond acceptors (Lipinski definition) is 8. The SMILES string of the molecule is C=CC(=O)OCCNC(=O)OCCOCCC[Si]1(C)OCCCC[Si](C)(CCCN[C-]=O)O1.[Rf]. The summed E-state index contributed by atoms with van der Waals surface area (Å²) < 4.78 is 28.3. The molecule has 2 amide bonds. The van der Waals surface area contributed by atoms with Crippen molar-refractivity contribution in [1.82, 2.24) is 10.6 Å². The van der Waals surface area contributed by atoms with Crippen molar-refractivity contribution < 1.29 is 37.1 Å². The summed E-state index contributed by atoms with van der Waals surface area (Å²) in [5.41, 5.74) is 0. The number of rotatable bonds is 16. The van der Waals surface area contributed by atoms with E-state index in [4.69, 9.17) is 22.8 Å². The fraction of sp³-hybridized carbons (Fsp3) is 0.762. The Hall–Kier alpha value is -2.74. The van der Waals surface area contributed by atoms with Crippen molar-refractivity contribution in [3.63, 3.8) is 0 Å². The molecule has 0 radical (unpaired) electrons. The van der Waals surface area contributed by atoms with E-state index in [0.717, 1.165) is 56.5 Å². The van der Waals surface area contributed by atoms with Gasteiger partial charge in [0.25, 0.3) is 0 Å². The first kappa shape index (κ1) is 31.3. The summed E-state index contributed by atoms with van der Waals surface area (Å²) in [5.74, 6) is -0.539. The molecule has 2 unspecified atom stereocenters. The maximum atomic E-state index is 11.5. The van der Waals surface area contributed by atoms with Gasteiger partial charge in [0.05, 0.1) is 13.2 Å². The Morgan fingerprint density at radius 3 is 2.59 bits per heavy atom. The predicted octanol–water partition coefficient (Wildman–Crippen LogP) is 2.37. The Bertz CT molecular complexity index is 619. The monoisotopic (exact) mass is 770 g/mol. The van der Waals surface area contributed by atoms with Gasteiger partial charge in [-0.15, -0.1) is 0 Å². The Balaban J connectivity index is 0.0000109. The van der Waals surface area contributed by atoms with Crippen molar-refractivity contribution in [3.05, 3.63) is 12.7 Å². The molecule has 0 aromatic carbocycles. The second-order valence-electron chi connectivity index (χ2n) is 8.27. The van der Waals surface area contributed by atoms with Crippen molar-refractivity contribution in [1.29, 1.82) is 0 Å². The van der Waals surface area contributed by atoms with Crippen LogP contribution in [0.5, 0.6) is 0 Å². The van der Waals surface area contributed by atoms with Crippen molar-refractivity contribution in [2.24, 2.45) is 0 Å². The molecular weight excluding hydrogens is 731 g/mol. The Labute approximate surface area is 199 Å². The third kappa shape index (κ3) is 14.4. The van der Waals surface area contributed by atoms with Gasteiger partial charge in [-0.3, -0.25) is 0 Å². The fourth-order valence-corrected chi connectivity index (χ4v) is 12.9. The molecule has 1 aliphatic heterocycles. The van der Waals surface area contributed by atoms with Gasteiger partial charge in [0.15, 0.2) is 8.32 Å². The van der Waals surface area contributed by atoms with Crippen LogP contribution in [0.25, 0.3) is 0 Å². The molecule has 192 valence electrons. The third-order valence-corrected chi connectivity index (χ3v) is 13.8. The molecule has 13 heteroatoms. The number of nitrogens with one attached hydrogen (secondary N) is 2. The molecule has 2 N–H and O–H groups in total. The first-order valence-electron chi connectivity index (χ1n) is 11.5. The van der Waals surface area contributed by atoms with E-state index in [-0.39, 0.29) is 19.8 Å². The Morgan fingerprint density at radius 1 is 1.06 bits per heavy atom. The number of carbonyl (C=O) groups is 2. The zero-order chi connectivity index (χ0) is 24.4. The Morgan fingerprint density at radius 2 is 1.85 bits per heavy atom. The zero-order valence-electron chi connectivity index (χ0n) is 20.7. The molecule has 2 atom stereocenters. The minimum atomic E-state index is -2.29. The van der Waals surface area contributed by atoms with Gasteiger partial charge >= 0.3 is 20.6 Å². The van der Waals surface area contributed by atoms with Crippen molar-refractivity contribution in [2.75, 3.05) is 46.1 Å². The molecule has 0 aliphatic carbocycles.